The fourth-order valence-electron chi connectivity index (χ4n) is 6.10. The van der Waals surface area contributed by atoms with Gasteiger partial charge in [0.1, 0.15) is 11.6 Å². The Balaban J connectivity index is 0.981. The standard InChI is InChI=1S/C29H40ClFN4O2/c1-34(20-21-7-13-36-14-8-21)10-4-23-2-3-26(17-28(23)31)37-15-9-24-16-27(24)22-5-11-35(12-6-22)29-32-18-25(30)19-33-29/h2-3,17-19,21-22,24,27H,4-16,20H2,1H3. The normalized spacial score (nSPS) is 23.0. The summed E-state index contributed by atoms with van der Waals surface area (Å²) >= 11 is 5.91. The van der Waals surface area contributed by atoms with Crippen LogP contribution in [0.2, 0.25) is 5.02 Å². The molecule has 3 heterocycles. The molecule has 202 valence electrons. The minimum absolute atomic E-state index is 0.155. The number of likely N-dealkylation sites (N-methyl/N-ethyl adjacent to an activating group) is 1. The zero-order valence-electron chi connectivity index (χ0n) is 22.0. The summed E-state index contributed by atoms with van der Waals surface area (Å²) in [5.41, 5.74) is 0.767. The Morgan fingerprint density at radius 2 is 1.89 bits per heavy atom. The van der Waals surface area contributed by atoms with Crippen LogP contribution in [0.5, 0.6) is 5.75 Å². The van der Waals surface area contributed by atoms with E-state index >= 15 is 0 Å². The van der Waals surface area contributed by atoms with E-state index in [4.69, 9.17) is 21.1 Å². The van der Waals surface area contributed by atoms with Crippen molar-refractivity contribution < 1.29 is 13.9 Å². The van der Waals surface area contributed by atoms with Gasteiger partial charge in [0, 0.05) is 45.5 Å². The highest BCUT2D eigenvalue weighted by Gasteiger charge is 2.43. The molecule has 6 nitrogen and oxygen atoms in total. The Morgan fingerprint density at radius 1 is 1.14 bits per heavy atom. The second-order valence-corrected chi connectivity index (χ2v) is 11.6. The van der Waals surface area contributed by atoms with Crippen molar-refractivity contribution in [1.29, 1.82) is 0 Å². The number of nitrogens with zero attached hydrogens (tertiary/aromatic N) is 4. The van der Waals surface area contributed by atoms with E-state index in [1.165, 1.54) is 19.3 Å². The third-order valence-electron chi connectivity index (χ3n) is 8.47. The van der Waals surface area contributed by atoms with Crippen molar-refractivity contribution in [3.05, 3.63) is 47.0 Å². The molecule has 1 saturated carbocycles. The quantitative estimate of drug-likeness (QED) is 0.383. The van der Waals surface area contributed by atoms with Crippen molar-refractivity contribution in [3.63, 3.8) is 0 Å². The maximum Gasteiger partial charge on any atom is 0.225 e. The monoisotopic (exact) mass is 530 g/mol. The Labute approximate surface area is 225 Å². The molecule has 2 aliphatic heterocycles. The SMILES string of the molecule is CN(CCc1ccc(OCCC2CC2C2CCN(c3ncc(Cl)cn3)CC2)cc1F)CC1CCOCC1. The largest absolute Gasteiger partial charge is 0.493 e. The van der Waals surface area contributed by atoms with Crippen LogP contribution in [0.25, 0.3) is 0 Å². The van der Waals surface area contributed by atoms with Gasteiger partial charge >= 0.3 is 0 Å². The lowest BCUT2D eigenvalue weighted by Crippen LogP contribution is -2.35. The van der Waals surface area contributed by atoms with E-state index in [0.717, 1.165) is 94.3 Å². The van der Waals surface area contributed by atoms with Gasteiger partial charge < -0.3 is 19.3 Å². The molecule has 3 aliphatic rings. The summed E-state index contributed by atoms with van der Waals surface area (Å²) < 4.78 is 26.1. The molecule has 1 aliphatic carbocycles. The van der Waals surface area contributed by atoms with Gasteiger partial charge in [0.25, 0.3) is 0 Å². The molecule has 8 heteroatoms. The van der Waals surface area contributed by atoms with Crippen LogP contribution in [0, 0.1) is 29.5 Å². The van der Waals surface area contributed by atoms with E-state index < -0.39 is 0 Å². The Hall–Kier alpha value is -1.96. The number of hydrogen-bond donors (Lipinski definition) is 0. The first-order valence-electron chi connectivity index (χ1n) is 13.9. The maximum absolute atomic E-state index is 14.7. The van der Waals surface area contributed by atoms with Gasteiger partial charge in [-0.1, -0.05) is 17.7 Å². The van der Waals surface area contributed by atoms with Crippen LogP contribution in [0.15, 0.2) is 30.6 Å². The summed E-state index contributed by atoms with van der Waals surface area (Å²) in [5.74, 6) is 4.27. The van der Waals surface area contributed by atoms with Crippen LogP contribution in [-0.4, -0.2) is 67.9 Å². The van der Waals surface area contributed by atoms with E-state index in [0.29, 0.717) is 23.3 Å². The summed E-state index contributed by atoms with van der Waals surface area (Å²) in [5, 5.41) is 0.574. The molecule has 5 rings (SSSR count). The molecule has 1 aromatic carbocycles. The van der Waals surface area contributed by atoms with Crippen molar-refractivity contribution >= 4 is 17.5 Å². The van der Waals surface area contributed by atoms with Crippen molar-refractivity contribution in [3.8, 4) is 5.75 Å². The summed E-state index contributed by atoms with van der Waals surface area (Å²) in [6.07, 6.45) is 11.0. The highest BCUT2D eigenvalue weighted by Crippen LogP contribution is 2.49. The zero-order chi connectivity index (χ0) is 25.6. The molecule has 2 saturated heterocycles. The number of hydrogen-bond acceptors (Lipinski definition) is 6. The second kappa shape index (κ2) is 12.7. The van der Waals surface area contributed by atoms with Crippen LogP contribution < -0.4 is 9.64 Å². The first-order chi connectivity index (χ1) is 18.0. The van der Waals surface area contributed by atoms with E-state index in [1.807, 2.05) is 12.1 Å². The lowest BCUT2D eigenvalue weighted by atomic mass is 9.90. The molecule has 0 N–H and O–H groups in total. The lowest BCUT2D eigenvalue weighted by molar-refractivity contribution is 0.0558. The van der Waals surface area contributed by atoms with Gasteiger partial charge in [-0.15, -0.1) is 0 Å². The number of piperidine rings is 1. The average Bonchev–Trinajstić information content (AvgIpc) is 3.69. The highest BCUT2D eigenvalue weighted by molar-refractivity contribution is 6.30. The molecule has 0 spiro atoms. The summed E-state index contributed by atoms with van der Waals surface area (Å²) in [4.78, 5) is 13.3. The molecule has 2 aromatic rings. The van der Waals surface area contributed by atoms with Gasteiger partial charge in [0.15, 0.2) is 0 Å². The zero-order valence-corrected chi connectivity index (χ0v) is 22.7. The molecule has 0 amide bonds. The predicted octanol–water partition coefficient (Wildman–Crippen LogP) is 5.49. The van der Waals surface area contributed by atoms with Crippen molar-refractivity contribution in [1.82, 2.24) is 14.9 Å². The lowest BCUT2D eigenvalue weighted by Gasteiger charge is -2.32. The van der Waals surface area contributed by atoms with E-state index in [9.17, 15) is 4.39 Å². The maximum atomic E-state index is 14.7. The molecule has 3 fully saturated rings. The highest BCUT2D eigenvalue weighted by atomic mass is 35.5. The minimum Gasteiger partial charge on any atom is -0.493 e. The molecule has 0 radical (unpaired) electrons. The molecule has 2 unspecified atom stereocenters. The van der Waals surface area contributed by atoms with Gasteiger partial charge in [-0.25, -0.2) is 14.4 Å². The topological polar surface area (TPSA) is 50.7 Å². The third-order valence-corrected chi connectivity index (χ3v) is 8.66. The predicted molar refractivity (Wildman–Crippen MR) is 145 cm³/mol. The number of benzene rings is 1. The number of halogens is 2. The fourth-order valence-corrected chi connectivity index (χ4v) is 6.20. The molecular formula is C29H40ClFN4O2. The summed E-state index contributed by atoms with van der Waals surface area (Å²) in [6.45, 7) is 6.33. The van der Waals surface area contributed by atoms with Gasteiger partial charge in [-0.2, -0.15) is 0 Å². The molecule has 0 bridgehead atoms. The third kappa shape index (κ3) is 7.55. The van der Waals surface area contributed by atoms with Crippen molar-refractivity contribution in [2.24, 2.45) is 23.7 Å². The van der Waals surface area contributed by atoms with Crippen LogP contribution in [0.1, 0.15) is 44.1 Å². The van der Waals surface area contributed by atoms with Crippen LogP contribution >= 0.6 is 11.6 Å². The molecular weight excluding hydrogens is 491 g/mol. The average molecular weight is 531 g/mol. The van der Waals surface area contributed by atoms with E-state index in [-0.39, 0.29) is 5.82 Å². The Kier molecular flexibility index (Phi) is 9.16. The van der Waals surface area contributed by atoms with Gasteiger partial charge in [-0.05, 0) is 87.3 Å². The van der Waals surface area contributed by atoms with Crippen LogP contribution in [0.4, 0.5) is 10.3 Å². The molecule has 1 aromatic heterocycles. The van der Waals surface area contributed by atoms with Gasteiger partial charge in [-0.3, -0.25) is 0 Å². The first-order valence-corrected chi connectivity index (χ1v) is 14.3. The van der Waals surface area contributed by atoms with Crippen molar-refractivity contribution in [2.75, 3.05) is 57.9 Å². The molecule has 37 heavy (non-hydrogen) atoms. The second-order valence-electron chi connectivity index (χ2n) is 11.1. The van der Waals surface area contributed by atoms with Gasteiger partial charge in [0.05, 0.1) is 24.0 Å². The fraction of sp³-hybridized carbons (Fsp3) is 0.655. The smallest absolute Gasteiger partial charge is 0.225 e. The Bertz CT molecular complexity index is 996. The van der Waals surface area contributed by atoms with E-state index in [1.54, 1.807) is 18.5 Å². The van der Waals surface area contributed by atoms with Crippen LogP contribution in [0.3, 0.4) is 0 Å². The van der Waals surface area contributed by atoms with E-state index in [2.05, 4.69) is 26.8 Å². The number of anilines is 1. The van der Waals surface area contributed by atoms with Crippen molar-refractivity contribution in [2.45, 2.75) is 44.9 Å². The Morgan fingerprint density at radius 3 is 2.62 bits per heavy atom. The number of aromatic nitrogens is 2. The summed E-state index contributed by atoms with van der Waals surface area (Å²) in [7, 11) is 2.13. The van der Waals surface area contributed by atoms with Crippen LogP contribution in [-0.2, 0) is 11.2 Å². The molecule has 2 atom stereocenters. The first kappa shape index (κ1) is 26.6. The van der Waals surface area contributed by atoms with Gasteiger partial charge in [0.2, 0.25) is 5.95 Å². The summed E-state index contributed by atoms with van der Waals surface area (Å²) in [6, 6.07) is 5.38. The number of ether oxygens (including phenoxy) is 2. The number of rotatable bonds is 11. The minimum atomic E-state index is -0.155.